The third kappa shape index (κ3) is 7.56. The Kier molecular flexibility index (Phi) is 9.23. The second-order valence-corrected chi connectivity index (χ2v) is 2.98. The Bertz CT molecular complexity index is 222. The molecule has 0 saturated carbocycles. The fourth-order valence-corrected chi connectivity index (χ4v) is 0.928. The summed E-state index contributed by atoms with van der Waals surface area (Å²) in [6.07, 6.45) is 5.85. The van der Waals surface area contributed by atoms with Crippen molar-refractivity contribution in [2.75, 3.05) is 6.61 Å². The molecule has 1 aromatic rings. The molecule has 0 saturated heterocycles. The third-order valence-corrected chi connectivity index (χ3v) is 1.80. The molecule has 0 unspecified atom stereocenters. The molecule has 0 atom stereocenters. The lowest BCUT2D eigenvalue weighted by Gasteiger charge is -1.96. The Balaban J connectivity index is 0.000000364. The molecule has 0 aliphatic heterocycles. The largest absolute Gasteiger partial charge is 0.396 e. The Morgan fingerprint density at radius 3 is 2.07 bits per heavy atom. The van der Waals surface area contributed by atoms with Gasteiger partial charge in [0.1, 0.15) is 0 Å². The Hall–Kier alpha value is -1.08. The van der Waals surface area contributed by atoms with Crippen LogP contribution in [0.1, 0.15) is 25.8 Å². The van der Waals surface area contributed by atoms with E-state index >= 15 is 0 Å². The second-order valence-electron chi connectivity index (χ2n) is 2.98. The smallest absolute Gasteiger partial charge is 0.0434 e. The van der Waals surface area contributed by atoms with Crippen LogP contribution in [0, 0.1) is 0 Å². The highest BCUT2D eigenvalue weighted by atomic mass is 16.2. The van der Waals surface area contributed by atoms with Crippen molar-refractivity contribution in [2.45, 2.75) is 26.7 Å². The molecule has 0 heterocycles. The predicted molar refractivity (Wildman–Crippen MR) is 62.3 cm³/mol. The summed E-state index contributed by atoms with van der Waals surface area (Å²) >= 11 is 0. The quantitative estimate of drug-likeness (QED) is 0.729. The normalized spacial score (nSPS) is 9.64. The number of rotatable bonds is 3. The molecule has 0 radical (unpaired) electrons. The lowest BCUT2D eigenvalue weighted by molar-refractivity contribution is 0.288. The van der Waals surface area contributed by atoms with E-state index in [-0.39, 0.29) is 6.61 Å². The summed E-state index contributed by atoms with van der Waals surface area (Å²) in [4.78, 5) is 0. The van der Waals surface area contributed by atoms with Gasteiger partial charge in [0.2, 0.25) is 0 Å². The zero-order valence-corrected chi connectivity index (χ0v) is 9.11. The molecular formula is C13H20O. The first-order valence-corrected chi connectivity index (χ1v) is 5.07. The summed E-state index contributed by atoms with van der Waals surface area (Å²) in [6, 6.07) is 10.2. The molecule has 1 aromatic carbocycles. The van der Waals surface area contributed by atoms with Crippen molar-refractivity contribution in [3.05, 3.63) is 48.0 Å². The molecule has 0 amide bonds. The number of aliphatic hydroxyl groups excluding tert-OH is 1. The van der Waals surface area contributed by atoms with E-state index in [1.165, 1.54) is 5.56 Å². The number of allylic oxidation sites excluding steroid dienone is 2. The first-order chi connectivity index (χ1) is 6.85. The van der Waals surface area contributed by atoms with Crippen molar-refractivity contribution in [1.29, 1.82) is 0 Å². The van der Waals surface area contributed by atoms with Crippen LogP contribution < -0.4 is 0 Å². The van der Waals surface area contributed by atoms with Crippen LogP contribution in [0.3, 0.4) is 0 Å². The minimum absolute atomic E-state index is 0.287. The first kappa shape index (κ1) is 12.9. The number of aryl methyl sites for hydroxylation is 1. The average molecular weight is 192 g/mol. The fraction of sp³-hybridized carbons (Fsp3) is 0.385. The number of hydrogen-bond acceptors (Lipinski definition) is 1. The maximum atomic E-state index is 8.53. The van der Waals surface area contributed by atoms with Gasteiger partial charge in [-0.3, -0.25) is 0 Å². The Morgan fingerprint density at radius 2 is 1.64 bits per heavy atom. The summed E-state index contributed by atoms with van der Waals surface area (Å²) < 4.78 is 0. The summed E-state index contributed by atoms with van der Waals surface area (Å²) in [7, 11) is 0. The van der Waals surface area contributed by atoms with Crippen LogP contribution in [0.5, 0.6) is 0 Å². The van der Waals surface area contributed by atoms with Gasteiger partial charge in [0.25, 0.3) is 0 Å². The van der Waals surface area contributed by atoms with Crippen LogP contribution in [-0.2, 0) is 6.42 Å². The number of aliphatic hydroxyl groups is 1. The van der Waals surface area contributed by atoms with Gasteiger partial charge in [-0.2, -0.15) is 0 Å². The zero-order chi connectivity index (χ0) is 10.6. The van der Waals surface area contributed by atoms with Crippen LogP contribution in [0.15, 0.2) is 42.5 Å². The summed E-state index contributed by atoms with van der Waals surface area (Å²) in [5.74, 6) is 0. The third-order valence-electron chi connectivity index (χ3n) is 1.80. The fourth-order valence-electron chi connectivity index (χ4n) is 0.928. The van der Waals surface area contributed by atoms with Crippen molar-refractivity contribution < 1.29 is 5.11 Å². The van der Waals surface area contributed by atoms with E-state index in [1.807, 2.05) is 44.2 Å². The Morgan fingerprint density at radius 1 is 1.07 bits per heavy atom. The molecule has 1 nitrogen and oxygen atoms in total. The van der Waals surface area contributed by atoms with Crippen molar-refractivity contribution in [3.63, 3.8) is 0 Å². The Labute approximate surface area is 87.1 Å². The van der Waals surface area contributed by atoms with Crippen LogP contribution in [-0.4, -0.2) is 11.7 Å². The van der Waals surface area contributed by atoms with Gasteiger partial charge in [0, 0.05) is 6.61 Å². The van der Waals surface area contributed by atoms with E-state index in [4.69, 9.17) is 5.11 Å². The highest BCUT2D eigenvalue weighted by molar-refractivity contribution is 5.14. The summed E-state index contributed by atoms with van der Waals surface area (Å²) in [5, 5.41) is 8.53. The van der Waals surface area contributed by atoms with Crippen LogP contribution in [0.25, 0.3) is 0 Å². The maximum absolute atomic E-state index is 8.53. The maximum Gasteiger partial charge on any atom is 0.0434 e. The van der Waals surface area contributed by atoms with Crippen LogP contribution in [0.4, 0.5) is 0 Å². The van der Waals surface area contributed by atoms with Crippen molar-refractivity contribution in [1.82, 2.24) is 0 Å². The number of benzene rings is 1. The van der Waals surface area contributed by atoms with Crippen LogP contribution >= 0.6 is 0 Å². The SMILES string of the molecule is C/C=C\C.OCCCc1ccccc1. The molecule has 0 aromatic heterocycles. The van der Waals surface area contributed by atoms with Crippen molar-refractivity contribution >= 4 is 0 Å². The lowest BCUT2D eigenvalue weighted by atomic mass is 10.1. The second kappa shape index (κ2) is 10.0. The molecule has 1 rings (SSSR count). The molecule has 1 heteroatoms. The van der Waals surface area contributed by atoms with Gasteiger partial charge in [0.05, 0.1) is 0 Å². The van der Waals surface area contributed by atoms with Gasteiger partial charge in [0.15, 0.2) is 0 Å². The van der Waals surface area contributed by atoms with E-state index in [1.54, 1.807) is 0 Å². The minimum Gasteiger partial charge on any atom is -0.396 e. The van der Waals surface area contributed by atoms with E-state index in [9.17, 15) is 0 Å². The first-order valence-electron chi connectivity index (χ1n) is 5.07. The molecule has 0 fully saturated rings. The number of hydrogen-bond donors (Lipinski definition) is 1. The molecule has 0 bridgehead atoms. The summed E-state index contributed by atoms with van der Waals surface area (Å²) in [5.41, 5.74) is 1.30. The van der Waals surface area contributed by atoms with Gasteiger partial charge in [-0.25, -0.2) is 0 Å². The van der Waals surface area contributed by atoms with Crippen LogP contribution in [0.2, 0.25) is 0 Å². The van der Waals surface area contributed by atoms with E-state index in [0.29, 0.717) is 0 Å². The van der Waals surface area contributed by atoms with E-state index in [0.717, 1.165) is 12.8 Å². The standard InChI is InChI=1S/C9H12O.C4H8/c10-8-4-7-9-5-2-1-3-6-9;1-3-4-2/h1-3,5-6,10H,4,7-8H2;3-4H,1-2H3/b;4-3-. The van der Waals surface area contributed by atoms with Gasteiger partial charge in [-0.1, -0.05) is 42.5 Å². The van der Waals surface area contributed by atoms with E-state index < -0.39 is 0 Å². The van der Waals surface area contributed by atoms with Gasteiger partial charge in [-0.15, -0.1) is 0 Å². The monoisotopic (exact) mass is 192 g/mol. The molecule has 78 valence electrons. The highest BCUT2D eigenvalue weighted by Gasteiger charge is 1.87. The molecule has 0 aliphatic carbocycles. The highest BCUT2D eigenvalue weighted by Crippen LogP contribution is 2.00. The van der Waals surface area contributed by atoms with Gasteiger partial charge in [-0.05, 0) is 32.3 Å². The zero-order valence-electron chi connectivity index (χ0n) is 9.11. The van der Waals surface area contributed by atoms with Gasteiger partial charge < -0.3 is 5.11 Å². The lowest BCUT2D eigenvalue weighted by Crippen LogP contribution is -1.87. The topological polar surface area (TPSA) is 20.2 Å². The van der Waals surface area contributed by atoms with Gasteiger partial charge >= 0.3 is 0 Å². The van der Waals surface area contributed by atoms with Crippen molar-refractivity contribution in [3.8, 4) is 0 Å². The summed E-state index contributed by atoms with van der Waals surface area (Å²) in [6.45, 7) is 4.29. The van der Waals surface area contributed by atoms with Crippen molar-refractivity contribution in [2.24, 2.45) is 0 Å². The molecule has 0 aliphatic rings. The van der Waals surface area contributed by atoms with E-state index in [2.05, 4.69) is 12.1 Å². The predicted octanol–water partition coefficient (Wildman–Crippen LogP) is 3.19. The minimum atomic E-state index is 0.287. The molecule has 0 spiro atoms. The molecule has 14 heavy (non-hydrogen) atoms. The average Bonchev–Trinajstić information content (AvgIpc) is 2.28. The molecule has 1 N–H and O–H groups in total. The molecular weight excluding hydrogens is 172 g/mol.